The number of hydrogen-bond donors (Lipinski definition) is 1. The molecule has 1 saturated heterocycles. The van der Waals surface area contributed by atoms with Crippen LogP contribution in [-0.4, -0.2) is 35.4 Å². The third-order valence-corrected chi connectivity index (χ3v) is 5.46. The molecule has 0 atom stereocenters. The van der Waals surface area contributed by atoms with Gasteiger partial charge in [0.1, 0.15) is 0 Å². The minimum atomic E-state index is 0.0288. The van der Waals surface area contributed by atoms with E-state index in [-0.39, 0.29) is 5.91 Å². The number of nitrogens with zero attached hydrogens (tertiary/aromatic N) is 2. The van der Waals surface area contributed by atoms with Crippen LogP contribution in [0, 0.1) is 12.8 Å². The highest BCUT2D eigenvalue weighted by atomic mass is 16.4. The molecule has 0 radical (unpaired) electrons. The van der Waals surface area contributed by atoms with Crippen molar-refractivity contribution in [1.82, 2.24) is 9.88 Å². The number of likely N-dealkylation sites (tertiary alicyclic amines) is 1. The number of piperidine rings is 1. The zero-order valence-corrected chi connectivity index (χ0v) is 16.1. The van der Waals surface area contributed by atoms with E-state index in [1.54, 1.807) is 6.20 Å². The zero-order chi connectivity index (χ0) is 19.5. The molecule has 0 aliphatic carbocycles. The lowest BCUT2D eigenvalue weighted by Gasteiger charge is -2.31. The van der Waals surface area contributed by atoms with E-state index < -0.39 is 0 Å². The van der Waals surface area contributed by atoms with Gasteiger partial charge in [-0.15, -0.1) is 0 Å². The number of carbonyl (C=O) groups is 1. The lowest BCUT2D eigenvalue weighted by molar-refractivity contribution is 0.0694. The molecule has 28 heavy (non-hydrogen) atoms. The smallest absolute Gasteiger partial charge is 0.254 e. The Labute approximate surface area is 165 Å². The van der Waals surface area contributed by atoms with Crippen molar-refractivity contribution in [2.45, 2.75) is 19.8 Å². The maximum absolute atomic E-state index is 13.1. The summed E-state index contributed by atoms with van der Waals surface area (Å²) in [6.45, 7) is 4.23. The highest BCUT2D eigenvalue weighted by Gasteiger charge is 2.25. The van der Waals surface area contributed by atoms with Crippen molar-refractivity contribution in [2.75, 3.05) is 19.6 Å². The Morgan fingerprint density at radius 1 is 1.14 bits per heavy atom. The van der Waals surface area contributed by atoms with Gasteiger partial charge in [-0.05, 0) is 44.4 Å². The summed E-state index contributed by atoms with van der Waals surface area (Å²) in [5.74, 6) is 1.71. The van der Waals surface area contributed by atoms with Gasteiger partial charge in [0.05, 0.1) is 11.8 Å². The Kier molecular flexibility index (Phi) is 5.26. The SMILES string of the molecule is Cc1ccc(-c2cnc(-c3ccccc3C(=O)N3CCC(CN)CC3)o2)cc1. The van der Waals surface area contributed by atoms with Crippen LogP contribution in [0.1, 0.15) is 28.8 Å². The normalized spacial score (nSPS) is 15.0. The third kappa shape index (κ3) is 3.71. The molecular weight excluding hydrogens is 350 g/mol. The first-order valence-corrected chi connectivity index (χ1v) is 9.77. The Balaban J connectivity index is 1.60. The molecule has 1 fully saturated rings. The molecule has 1 aliphatic heterocycles. The number of nitrogens with two attached hydrogens (primary N) is 1. The number of aryl methyl sites for hydroxylation is 1. The number of amides is 1. The van der Waals surface area contributed by atoms with E-state index in [9.17, 15) is 4.79 Å². The Morgan fingerprint density at radius 3 is 2.57 bits per heavy atom. The van der Waals surface area contributed by atoms with Gasteiger partial charge in [-0.2, -0.15) is 0 Å². The quantitative estimate of drug-likeness (QED) is 0.744. The van der Waals surface area contributed by atoms with Crippen LogP contribution < -0.4 is 5.73 Å². The van der Waals surface area contributed by atoms with Gasteiger partial charge in [0.2, 0.25) is 5.89 Å². The Hall–Kier alpha value is -2.92. The van der Waals surface area contributed by atoms with Crippen molar-refractivity contribution in [3.63, 3.8) is 0 Å². The van der Waals surface area contributed by atoms with E-state index in [1.807, 2.05) is 60.4 Å². The second kappa shape index (κ2) is 7.98. The fourth-order valence-corrected chi connectivity index (χ4v) is 3.65. The fourth-order valence-electron chi connectivity index (χ4n) is 3.65. The summed E-state index contributed by atoms with van der Waals surface area (Å²) in [6, 6.07) is 15.6. The molecule has 4 rings (SSSR count). The summed E-state index contributed by atoms with van der Waals surface area (Å²) in [7, 11) is 0. The molecule has 1 aromatic heterocycles. The fraction of sp³-hybridized carbons (Fsp3) is 0.304. The second-order valence-electron chi connectivity index (χ2n) is 7.41. The predicted molar refractivity (Wildman–Crippen MR) is 110 cm³/mol. The van der Waals surface area contributed by atoms with Gasteiger partial charge < -0.3 is 15.1 Å². The first kappa shape index (κ1) is 18.4. The molecule has 2 heterocycles. The first-order chi connectivity index (χ1) is 13.7. The van der Waals surface area contributed by atoms with Gasteiger partial charge >= 0.3 is 0 Å². The minimum Gasteiger partial charge on any atom is -0.436 e. The molecule has 5 nitrogen and oxygen atoms in total. The molecule has 0 bridgehead atoms. The number of rotatable bonds is 4. The van der Waals surface area contributed by atoms with E-state index in [0.717, 1.165) is 37.1 Å². The predicted octanol–water partition coefficient (Wildman–Crippen LogP) is 4.13. The average molecular weight is 375 g/mol. The van der Waals surface area contributed by atoms with Crippen LogP contribution in [0.15, 0.2) is 59.1 Å². The summed E-state index contributed by atoms with van der Waals surface area (Å²) in [5.41, 5.74) is 9.29. The number of aromatic nitrogens is 1. The van der Waals surface area contributed by atoms with E-state index in [2.05, 4.69) is 4.98 Å². The van der Waals surface area contributed by atoms with Crippen LogP contribution in [0.25, 0.3) is 22.8 Å². The maximum atomic E-state index is 13.1. The monoisotopic (exact) mass is 375 g/mol. The van der Waals surface area contributed by atoms with Gasteiger partial charge in [-0.3, -0.25) is 4.79 Å². The van der Waals surface area contributed by atoms with Crippen molar-refractivity contribution in [3.8, 4) is 22.8 Å². The molecule has 0 unspecified atom stereocenters. The van der Waals surface area contributed by atoms with Crippen LogP contribution in [0.3, 0.4) is 0 Å². The topological polar surface area (TPSA) is 72.4 Å². The highest BCUT2D eigenvalue weighted by Crippen LogP contribution is 2.29. The first-order valence-electron chi connectivity index (χ1n) is 9.77. The summed E-state index contributed by atoms with van der Waals surface area (Å²) in [6.07, 6.45) is 3.63. The molecule has 0 saturated carbocycles. The van der Waals surface area contributed by atoms with E-state index in [0.29, 0.717) is 29.7 Å². The summed E-state index contributed by atoms with van der Waals surface area (Å²) >= 11 is 0. The van der Waals surface area contributed by atoms with Crippen LogP contribution in [0.2, 0.25) is 0 Å². The van der Waals surface area contributed by atoms with Gasteiger partial charge in [-0.25, -0.2) is 4.98 Å². The molecule has 1 aliphatic rings. The van der Waals surface area contributed by atoms with Crippen LogP contribution in [0.5, 0.6) is 0 Å². The van der Waals surface area contributed by atoms with Crippen LogP contribution in [0.4, 0.5) is 0 Å². The van der Waals surface area contributed by atoms with Crippen molar-refractivity contribution < 1.29 is 9.21 Å². The van der Waals surface area contributed by atoms with Crippen molar-refractivity contribution in [2.24, 2.45) is 11.7 Å². The molecular formula is C23H25N3O2. The van der Waals surface area contributed by atoms with Crippen LogP contribution >= 0.6 is 0 Å². The Bertz CT molecular complexity index is 954. The third-order valence-electron chi connectivity index (χ3n) is 5.46. The largest absolute Gasteiger partial charge is 0.436 e. The molecule has 144 valence electrons. The number of carbonyl (C=O) groups excluding carboxylic acids is 1. The average Bonchev–Trinajstić information content (AvgIpc) is 3.24. The molecule has 1 amide bonds. The second-order valence-corrected chi connectivity index (χ2v) is 7.41. The van der Waals surface area contributed by atoms with Gasteiger partial charge in [0.15, 0.2) is 5.76 Å². The van der Waals surface area contributed by atoms with Crippen molar-refractivity contribution in [1.29, 1.82) is 0 Å². The van der Waals surface area contributed by atoms with E-state index >= 15 is 0 Å². The van der Waals surface area contributed by atoms with Gasteiger partial charge in [0, 0.05) is 24.2 Å². The zero-order valence-electron chi connectivity index (χ0n) is 16.1. The molecule has 0 spiro atoms. The minimum absolute atomic E-state index is 0.0288. The lowest BCUT2D eigenvalue weighted by Crippen LogP contribution is -2.40. The van der Waals surface area contributed by atoms with E-state index in [4.69, 9.17) is 10.2 Å². The molecule has 2 aromatic carbocycles. The molecule has 3 aromatic rings. The number of oxazole rings is 1. The summed E-state index contributed by atoms with van der Waals surface area (Å²) < 4.78 is 6.01. The van der Waals surface area contributed by atoms with Crippen molar-refractivity contribution >= 4 is 5.91 Å². The van der Waals surface area contributed by atoms with Crippen LogP contribution in [-0.2, 0) is 0 Å². The van der Waals surface area contributed by atoms with Gasteiger partial charge in [0.25, 0.3) is 5.91 Å². The summed E-state index contributed by atoms with van der Waals surface area (Å²) in [4.78, 5) is 19.5. The summed E-state index contributed by atoms with van der Waals surface area (Å²) in [5, 5.41) is 0. The number of hydrogen-bond acceptors (Lipinski definition) is 4. The van der Waals surface area contributed by atoms with E-state index in [1.165, 1.54) is 5.56 Å². The standard InChI is InChI=1S/C23H25N3O2/c1-16-6-8-18(9-7-16)21-15-25-22(28-21)19-4-2-3-5-20(19)23(27)26-12-10-17(14-24)11-13-26/h2-9,15,17H,10-14,24H2,1H3. The molecule has 5 heteroatoms. The number of benzene rings is 2. The molecule has 2 N–H and O–H groups in total. The lowest BCUT2D eigenvalue weighted by atomic mass is 9.96. The highest BCUT2D eigenvalue weighted by molar-refractivity contribution is 6.00. The van der Waals surface area contributed by atoms with Crippen molar-refractivity contribution in [3.05, 3.63) is 65.9 Å². The van der Waals surface area contributed by atoms with Gasteiger partial charge in [-0.1, -0.05) is 42.0 Å². The Morgan fingerprint density at radius 2 is 1.86 bits per heavy atom. The maximum Gasteiger partial charge on any atom is 0.254 e.